The first-order valence-electron chi connectivity index (χ1n) is 19.1. The molecule has 0 aromatic rings. The summed E-state index contributed by atoms with van der Waals surface area (Å²) in [5.41, 5.74) is 0. The lowest BCUT2D eigenvalue weighted by Gasteiger charge is -2.17. The fourth-order valence-electron chi connectivity index (χ4n) is 6.02. The SMILES string of the molecule is [CH2]CC(CCCNCCCCCCCCCCCCCCCC)NCCCCCCCCCCCCCCCC. The van der Waals surface area contributed by atoms with Crippen molar-refractivity contribution in [2.75, 3.05) is 19.6 Å². The van der Waals surface area contributed by atoms with Gasteiger partial charge in [0.2, 0.25) is 0 Å². The molecule has 1 atom stereocenters. The predicted molar refractivity (Wildman–Crippen MR) is 184 cm³/mol. The molecule has 0 aliphatic rings. The average Bonchev–Trinajstić information content (AvgIpc) is 2.97. The molecule has 40 heavy (non-hydrogen) atoms. The summed E-state index contributed by atoms with van der Waals surface area (Å²) in [6.45, 7) is 12.4. The van der Waals surface area contributed by atoms with E-state index < -0.39 is 0 Å². The van der Waals surface area contributed by atoms with Crippen molar-refractivity contribution in [3.63, 3.8) is 0 Å². The summed E-state index contributed by atoms with van der Waals surface area (Å²) in [6, 6.07) is 0.616. The molecule has 0 saturated carbocycles. The van der Waals surface area contributed by atoms with Gasteiger partial charge in [0, 0.05) is 6.04 Å². The minimum absolute atomic E-state index is 0.616. The average molecular weight is 564 g/mol. The lowest BCUT2D eigenvalue weighted by Crippen LogP contribution is -2.30. The highest BCUT2D eigenvalue weighted by Crippen LogP contribution is 2.14. The molecule has 2 N–H and O–H groups in total. The van der Waals surface area contributed by atoms with Crippen molar-refractivity contribution in [2.45, 2.75) is 219 Å². The molecule has 0 aliphatic heterocycles. The van der Waals surface area contributed by atoms with Gasteiger partial charge >= 0.3 is 0 Å². The van der Waals surface area contributed by atoms with E-state index in [2.05, 4.69) is 31.4 Å². The molecule has 241 valence electrons. The lowest BCUT2D eigenvalue weighted by atomic mass is 10.0. The summed E-state index contributed by atoms with van der Waals surface area (Å²) in [5, 5.41) is 7.46. The second-order valence-corrected chi connectivity index (χ2v) is 13.0. The van der Waals surface area contributed by atoms with E-state index in [-0.39, 0.29) is 0 Å². The Balaban J connectivity index is 3.24. The minimum Gasteiger partial charge on any atom is -0.317 e. The molecule has 0 fully saturated rings. The van der Waals surface area contributed by atoms with E-state index in [0.29, 0.717) is 6.04 Å². The predicted octanol–water partition coefficient (Wildman–Crippen LogP) is 12.5. The van der Waals surface area contributed by atoms with Gasteiger partial charge < -0.3 is 10.6 Å². The standard InChI is InChI=1S/C38H79N2/c1-4-7-9-11-13-15-17-19-21-23-25-27-29-31-35-39-36-33-34-38(6-3)40-37-32-30-28-26-24-22-20-18-16-14-12-10-8-5-2/h38-40H,3-37H2,1-2H3. The molecule has 2 heteroatoms. The molecule has 0 spiro atoms. The van der Waals surface area contributed by atoms with Crippen LogP contribution in [-0.4, -0.2) is 25.7 Å². The quantitative estimate of drug-likeness (QED) is 0.0741. The Morgan fingerprint density at radius 2 is 0.675 bits per heavy atom. The smallest absolute Gasteiger partial charge is 0.00675 e. The van der Waals surface area contributed by atoms with Gasteiger partial charge in [-0.05, 0) is 51.7 Å². The van der Waals surface area contributed by atoms with Crippen molar-refractivity contribution in [1.29, 1.82) is 0 Å². The van der Waals surface area contributed by atoms with Crippen LogP contribution in [0.1, 0.15) is 213 Å². The highest BCUT2D eigenvalue weighted by atomic mass is 14.9. The second-order valence-electron chi connectivity index (χ2n) is 13.0. The normalized spacial score (nSPS) is 12.4. The molecular formula is C38H79N2. The van der Waals surface area contributed by atoms with Crippen molar-refractivity contribution in [3.8, 4) is 0 Å². The van der Waals surface area contributed by atoms with Gasteiger partial charge in [0.25, 0.3) is 0 Å². The van der Waals surface area contributed by atoms with E-state index in [0.717, 1.165) is 6.42 Å². The summed E-state index contributed by atoms with van der Waals surface area (Å²) in [6.07, 6.45) is 43.9. The first-order chi connectivity index (χ1) is 19.8. The number of hydrogen-bond acceptors (Lipinski definition) is 2. The van der Waals surface area contributed by atoms with Gasteiger partial charge in [-0.25, -0.2) is 0 Å². The number of rotatable bonds is 36. The molecule has 0 amide bonds. The zero-order chi connectivity index (χ0) is 29.0. The van der Waals surface area contributed by atoms with Crippen LogP contribution in [0.4, 0.5) is 0 Å². The zero-order valence-corrected chi connectivity index (χ0v) is 28.3. The second kappa shape index (κ2) is 36.9. The number of hydrogen-bond donors (Lipinski definition) is 2. The maximum absolute atomic E-state index is 4.19. The highest BCUT2D eigenvalue weighted by Gasteiger charge is 2.04. The molecule has 0 aliphatic carbocycles. The monoisotopic (exact) mass is 564 g/mol. The van der Waals surface area contributed by atoms with Gasteiger partial charge in [-0.3, -0.25) is 0 Å². The van der Waals surface area contributed by atoms with Crippen LogP contribution in [0, 0.1) is 6.92 Å². The van der Waals surface area contributed by atoms with Gasteiger partial charge in [-0.2, -0.15) is 0 Å². The highest BCUT2D eigenvalue weighted by molar-refractivity contribution is 4.69. The van der Waals surface area contributed by atoms with E-state index in [1.165, 1.54) is 212 Å². The molecule has 2 nitrogen and oxygen atoms in total. The summed E-state index contributed by atoms with van der Waals surface area (Å²) in [5.74, 6) is 0. The Labute approximate surface area is 255 Å². The Kier molecular flexibility index (Phi) is 36.9. The summed E-state index contributed by atoms with van der Waals surface area (Å²) in [4.78, 5) is 0. The van der Waals surface area contributed by atoms with Crippen LogP contribution in [0.2, 0.25) is 0 Å². The van der Waals surface area contributed by atoms with Gasteiger partial charge in [0.05, 0.1) is 0 Å². The Morgan fingerprint density at radius 3 is 1.02 bits per heavy atom. The molecular weight excluding hydrogens is 484 g/mol. The fourth-order valence-corrected chi connectivity index (χ4v) is 6.02. The molecule has 0 rings (SSSR count). The van der Waals surface area contributed by atoms with E-state index in [1.807, 2.05) is 0 Å². The van der Waals surface area contributed by atoms with Crippen LogP contribution < -0.4 is 10.6 Å². The van der Waals surface area contributed by atoms with Crippen molar-refractivity contribution in [2.24, 2.45) is 0 Å². The summed E-state index contributed by atoms with van der Waals surface area (Å²) in [7, 11) is 0. The molecule has 1 radical (unpaired) electrons. The van der Waals surface area contributed by atoms with Crippen LogP contribution in [0.5, 0.6) is 0 Å². The Hall–Kier alpha value is -0.0800. The summed E-state index contributed by atoms with van der Waals surface area (Å²) < 4.78 is 0. The number of nitrogens with one attached hydrogen (secondary N) is 2. The van der Waals surface area contributed by atoms with Crippen LogP contribution in [-0.2, 0) is 0 Å². The van der Waals surface area contributed by atoms with Gasteiger partial charge in [0.1, 0.15) is 0 Å². The van der Waals surface area contributed by atoms with Crippen molar-refractivity contribution in [1.82, 2.24) is 10.6 Å². The van der Waals surface area contributed by atoms with Gasteiger partial charge in [-0.1, -0.05) is 188 Å². The zero-order valence-electron chi connectivity index (χ0n) is 28.3. The summed E-state index contributed by atoms with van der Waals surface area (Å²) >= 11 is 0. The first-order valence-corrected chi connectivity index (χ1v) is 19.1. The molecule has 0 saturated heterocycles. The maximum atomic E-state index is 4.19. The largest absolute Gasteiger partial charge is 0.317 e. The lowest BCUT2D eigenvalue weighted by molar-refractivity contribution is 0.446. The molecule has 0 aromatic carbocycles. The van der Waals surface area contributed by atoms with E-state index in [4.69, 9.17) is 0 Å². The maximum Gasteiger partial charge on any atom is 0.00675 e. The van der Waals surface area contributed by atoms with E-state index in [9.17, 15) is 0 Å². The number of unbranched alkanes of at least 4 members (excludes halogenated alkanes) is 26. The third-order valence-corrected chi connectivity index (χ3v) is 8.93. The molecule has 0 aromatic heterocycles. The third-order valence-electron chi connectivity index (χ3n) is 8.93. The van der Waals surface area contributed by atoms with Crippen LogP contribution in [0.3, 0.4) is 0 Å². The molecule has 0 heterocycles. The first kappa shape index (κ1) is 39.9. The van der Waals surface area contributed by atoms with E-state index >= 15 is 0 Å². The van der Waals surface area contributed by atoms with E-state index in [1.54, 1.807) is 0 Å². The Bertz CT molecular complexity index is 424. The van der Waals surface area contributed by atoms with Crippen molar-refractivity contribution in [3.05, 3.63) is 6.92 Å². The van der Waals surface area contributed by atoms with Gasteiger partial charge in [-0.15, -0.1) is 0 Å². The fraction of sp³-hybridized carbons (Fsp3) is 0.974. The van der Waals surface area contributed by atoms with Crippen molar-refractivity contribution < 1.29 is 0 Å². The van der Waals surface area contributed by atoms with Crippen LogP contribution in [0.15, 0.2) is 0 Å². The topological polar surface area (TPSA) is 24.1 Å². The van der Waals surface area contributed by atoms with Gasteiger partial charge in [0.15, 0.2) is 0 Å². The van der Waals surface area contributed by atoms with Crippen molar-refractivity contribution >= 4 is 0 Å². The minimum atomic E-state index is 0.616. The van der Waals surface area contributed by atoms with Crippen LogP contribution in [0.25, 0.3) is 0 Å². The van der Waals surface area contributed by atoms with Crippen LogP contribution >= 0.6 is 0 Å². The molecule has 1 unspecified atom stereocenters. The third kappa shape index (κ3) is 34.1. The Morgan fingerprint density at radius 1 is 0.375 bits per heavy atom. The molecule has 0 bridgehead atoms.